The number of benzene rings is 1. The molecule has 0 aliphatic rings. The average Bonchev–Trinajstić information content (AvgIpc) is 2.34. The van der Waals surface area contributed by atoms with Gasteiger partial charge in [-0.3, -0.25) is 0 Å². The summed E-state index contributed by atoms with van der Waals surface area (Å²) in [5.41, 5.74) is 0.882. The number of methoxy groups -OCH3 is 1. The number of nitrogens with two attached hydrogens (primary N) is 1. The lowest BCUT2D eigenvalue weighted by Crippen LogP contribution is -2.28. The van der Waals surface area contributed by atoms with Gasteiger partial charge in [-0.2, -0.15) is 0 Å². The lowest BCUT2D eigenvalue weighted by molar-refractivity contribution is 0.0158. The first-order chi connectivity index (χ1) is 8.74. The van der Waals surface area contributed by atoms with Crippen LogP contribution in [0, 0.1) is 0 Å². The summed E-state index contributed by atoms with van der Waals surface area (Å²) in [6.45, 7) is 5.59. The van der Waals surface area contributed by atoms with E-state index in [1.807, 2.05) is 13.8 Å². The molecule has 0 fully saturated rings. The second-order valence-electron chi connectivity index (χ2n) is 5.08. The highest BCUT2D eigenvalue weighted by molar-refractivity contribution is 7.89. The predicted octanol–water partition coefficient (Wildman–Crippen LogP) is 1.24. The van der Waals surface area contributed by atoms with Gasteiger partial charge in [0.2, 0.25) is 10.0 Å². The monoisotopic (exact) mass is 286 g/mol. The molecule has 0 amide bonds. The zero-order valence-corrected chi connectivity index (χ0v) is 12.5. The van der Waals surface area contributed by atoms with Gasteiger partial charge in [0.25, 0.3) is 0 Å². The van der Waals surface area contributed by atoms with Crippen molar-refractivity contribution in [2.45, 2.75) is 37.3 Å². The van der Waals surface area contributed by atoms with E-state index < -0.39 is 10.0 Å². The van der Waals surface area contributed by atoms with E-state index in [1.165, 1.54) is 12.1 Å². The van der Waals surface area contributed by atoms with Crippen molar-refractivity contribution in [2.75, 3.05) is 13.7 Å². The van der Waals surface area contributed by atoms with Crippen molar-refractivity contribution in [3.63, 3.8) is 0 Å². The van der Waals surface area contributed by atoms with Crippen LogP contribution >= 0.6 is 0 Å². The van der Waals surface area contributed by atoms with Gasteiger partial charge in [-0.1, -0.05) is 12.1 Å². The van der Waals surface area contributed by atoms with Crippen LogP contribution in [0.15, 0.2) is 29.2 Å². The molecule has 0 aliphatic heterocycles. The second-order valence-corrected chi connectivity index (χ2v) is 6.64. The van der Waals surface area contributed by atoms with Gasteiger partial charge in [-0.15, -0.1) is 0 Å². The van der Waals surface area contributed by atoms with Crippen LogP contribution < -0.4 is 10.5 Å². The van der Waals surface area contributed by atoms with Gasteiger partial charge in [0, 0.05) is 13.7 Å². The third-order valence-electron chi connectivity index (χ3n) is 3.04. The third kappa shape index (κ3) is 5.69. The SMILES string of the molecule is COC(C)(C)CCNCc1ccc(S(N)(=O)=O)cc1. The molecule has 0 aromatic heterocycles. The summed E-state index contributed by atoms with van der Waals surface area (Å²) in [4.78, 5) is 0.136. The van der Waals surface area contributed by atoms with Crippen LogP contribution in [0.4, 0.5) is 0 Å². The first-order valence-corrected chi connectivity index (χ1v) is 7.67. The molecule has 0 bridgehead atoms. The molecule has 1 aromatic rings. The Morgan fingerprint density at radius 2 is 1.84 bits per heavy atom. The molecule has 0 radical (unpaired) electrons. The minimum Gasteiger partial charge on any atom is -0.379 e. The summed E-state index contributed by atoms with van der Waals surface area (Å²) >= 11 is 0. The first-order valence-electron chi connectivity index (χ1n) is 6.12. The fourth-order valence-corrected chi connectivity index (χ4v) is 2.04. The molecule has 0 saturated carbocycles. The van der Waals surface area contributed by atoms with Crippen molar-refractivity contribution in [3.05, 3.63) is 29.8 Å². The molecule has 0 saturated heterocycles. The van der Waals surface area contributed by atoms with Crippen LogP contribution in [0.25, 0.3) is 0 Å². The molecular weight excluding hydrogens is 264 g/mol. The molecule has 1 rings (SSSR count). The van der Waals surface area contributed by atoms with E-state index in [0.29, 0.717) is 6.54 Å². The first kappa shape index (κ1) is 16.1. The van der Waals surface area contributed by atoms with E-state index in [1.54, 1.807) is 19.2 Å². The topological polar surface area (TPSA) is 81.4 Å². The number of hydrogen-bond acceptors (Lipinski definition) is 4. The summed E-state index contributed by atoms with van der Waals surface area (Å²) in [5, 5.41) is 8.32. The number of hydrogen-bond donors (Lipinski definition) is 2. The fraction of sp³-hybridized carbons (Fsp3) is 0.538. The van der Waals surface area contributed by atoms with Crippen molar-refractivity contribution in [2.24, 2.45) is 5.14 Å². The Morgan fingerprint density at radius 3 is 2.32 bits per heavy atom. The summed E-state index contributed by atoms with van der Waals surface area (Å²) in [6.07, 6.45) is 0.902. The molecule has 0 unspecified atom stereocenters. The van der Waals surface area contributed by atoms with Crippen LogP contribution in [0.5, 0.6) is 0 Å². The Morgan fingerprint density at radius 1 is 1.26 bits per heavy atom. The Hall–Kier alpha value is -0.950. The highest BCUT2D eigenvalue weighted by Crippen LogP contribution is 2.12. The standard InChI is InChI=1S/C13H22N2O3S/c1-13(2,18-3)8-9-15-10-11-4-6-12(7-5-11)19(14,16)17/h4-7,15H,8-10H2,1-3H3,(H2,14,16,17). The summed E-state index contributed by atoms with van der Waals surface area (Å²) < 4.78 is 27.5. The van der Waals surface area contributed by atoms with E-state index in [0.717, 1.165) is 18.5 Å². The molecule has 19 heavy (non-hydrogen) atoms. The molecule has 1 aromatic carbocycles. The van der Waals surface area contributed by atoms with Crippen molar-refractivity contribution < 1.29 is 13.2 Å². The highest BCUT2D eigenvalue weighted by Gasteiger charge is 2.14. The quantitative estimate of drug-likeness (QED) is 0.739. The van der Waals surface area contributed by atoms with Crippen molar-refractivity contribution >= 4 is 10.0 Å². The average molecular weight is 286 g/mol. The maximum Gasteiger partial charge on any atom is 0.238 e. The van der Waals surface area contributed by atoms with Gasteiger partial charge in [0.1, 0.15) is 0 Å². The van der Waals surface area contributed by atoms with Crippen molar-refractivity contribution in [3.8, 4) is 0 Å². The number of rotatable bonds is 7. The molecule has 6 heteroatoms. The van der Waals surface area contributed by atoms with E-state index >= 15 is 0 Å². The highest BCUT2D eigenvalue weighted by atomic mass is 32.2. The maximum absolute atomic E-state index is 11.1. The second kappa shape index (κ2) is 6.47. The Balaban J connectivity index is 2.43. The minimum atomic E-state index is -3.60. The van der Waals surface area contributed by atoms with Crippen LogP contribution in [0.2, 0.25) is 0 Å². The molecule has 3 N–H and O–H groups in total. The molecular formula is C13H22N2O3S. The fourth-order valence-electron chi connectivity index (χ4n) is 1.52. The summed E-state index contributed by atoms with van der Waals surface area (Å²) in [7, 11) is -1.90. The Labute approximate surface area is 115 Å². The molecule has 0 spiro atoms. The number of ether oxygens (including phenoxy) is 1. The number of primary sulfonamides is 1. The minimum absolute atomic E-state index is 0.134. The van der Waals surface area contributed by atoms with Gasteiger partial charge in [-0.05, 0) is 44.5 Å². The van der Waals surface area contributed by atoms with Gasteiger partial charge < -0.3 is 10.1 Å². The normalized spacial score (nSPS) is 12.6. The van der Waals surface area contributed by atoms with Crippen molar-refractivity contribution in [1.29, 1.82) is 0 Å². The Bertz CT molecular complexity index is 495. The van der Waals surface area contributed by atoms with E-state index in [9.17, 15) is 8.42 Å². The molecule has 0 heterocycles. The van der Waals surface area contributed by atoms with Crippen LogP contribution in [0.3, 0.4) is 0 Å². The van der Waals surface area contributed by atoms with Gasteiger partial charge in [0.05, 0.1) is 10.5 Å². The molecule has 0 aliphatic carbocycles. The molecule has 108 valence electrons. The summed E-state index contributed by atoms with van der Waals surface area (Å²) in [5.74, 6) is 0. The predicted molar refractivity (Wildman–Crippen MR) is 75.2 cm³/mol. The largest absolute Gasteiger partial charge is 0.379 e. The zero-order valence-electron chi connectivity index (χ0n) is 11.6. The lowest BCUT2D eigenvalue weighted by atomic mass is 10.1. The maximum atomic E-state index is 11.1. The smallest absolute Gasteiger partial charge is 0.238 e. The zero-order chi connectivity index (χ0) is 14.5. The van der Waals surface area contributed by atoms with E-state index in [2.05, 4.69) is 5.32 Å². The number of nitrogens with one attached hydrogen (secondary N) is 1. The third-order valence-corrected chi connectivity index (χ3v) is 3.97. The van der Waals surface area contributed by atoms with E-state index in [-0.39, 0.29) is 10.5 Å². The summed E-state index contributed by atoms with van der Waals surface area (Å²) in [6, 6.07) is 6.55. The lowest BCUT2D eigenvalue weighted by Gasteiger charge is -2.22. The van der Waals surface area contributed by atoms with Crippen LogP contribution in [0.1, 0.15) is 25.8 Å². The Kier molecular flexibility index (Phi) is 5.49. The van der Waals surface area contributed by atoms with Gasteiger partial charge >= 0.3 is 0 Å². The van der Waals surface area contributed by atoms with Gasteiger partial charge in [-0.25, -0.2) is 13.6 Å². The van der Waals surface area contributed by atoms with E-state index in [4.69, 9.17) is 9.88 Å². The molecule has 0 atom stereocenters. The van der Waals surface area contributed by atoms with Crippen molar-refractivity contribution in [1.82, 2.24) is 5.32 Å². The molecule has 5 nitrogen and oxygen atoms in total. The number of sulfonamides is 1. The van der Waals surface area contributed by atoms with Gasteiger partial charge in [0.15, 0.2) is 0 Å². The van der Waals surface area contributed by atoms with Crippen LogP contribution in [-0.4, -0.2) is 27.7 Å². The van der Waals surface area contributed by atoms with Crippen LogP contribution in [-0.2, 0) is 21.3 Å².